The highest BCUT2D eigenvalue weighted by molar-refractivity contribution is 9.09. The first kappa shape index (κ1) is 15.4. The van der Waals surface area contributed by atoms with Gasteiger partial charge >= 0.3 is 0 Å². The van der Waals surface area contributed by atoms with Crippen molar-refractivity contribution in [1.82, 2.24) is 4.90 Å². The van der Waals surface area contributed by atoms with E-state index < -0.39 is 11.6 Å². The molecule has 0 radical (unpaired) electrons. The summed E-state index contributed by atoms with van der Waals surface area (Å²) in [5.41, 5.74) is 0.131. The molecule has 1 fully saturated rings. The molecule has 20 heavy (non-hydrogen) atoms. The van der Waals surface area contributed by atoms with Crippen LogP contribution >= 0.6 is 15.9 Å². The van der Waals surface area contributed by atoms with Crippen LogP contribution in [0.3, 0.4) is 0 Å². The maximum absolute atomic E-state index is 13.5. The minimum Gasteiger partial charge on any atom is -0.342 e. The Kier molecular flexibility index (Phi) is 5.13. The summed E-state index contributed by atoms with van der Waals surface area (Å²) in [5.74, 6) is -1.37. The van der Waals surface area contributed by atoms with Crippen LogP contribution in [-0.2, 0) is 11.2 Å². The predicted octanol–water partition coefficient (Wildman–Crippen LogP) is 3.53. The number of likely N-dealkylation sites (tertiary alicyclic amines) is 1. The Bertz CT molecular complexity index is 485. The van der Waals surface area contributed by atoms with E-state index in [0.29, 0.717) is 23.8 Å². The van der Waals surface area contributed by atoms with E-state index in [1.54, 1.807) is 4.90 Å². The van der Waals surface area contributed by atoms with Gasteiger partial charge in [-0.05, 0) is 24.8 Å². The van der Waals surface area contributed by atoms with Gasteiger partial charge in [-0.15, -0.1) is 0 Å². The summed E-state index contributed by atoms with van der Waals surface area (Å²) >= 11 is 3.57. The van der Waals surface area contributed by atoms with Crippen LogP contribution in [0.1, 0.15) is 25.3 Å². The van der Waals surface area contributed by atoms with E-state index in [9.17, 15) is 13.6 Å². The Morgan fingerprint density at radius 2 is 2.05 bits per heavy atom. The maximum atomic E-state index is 13.5. The van der Waals surface area contributed by atoms with Crippen LogP contribution in [0.2, 0.25) is 0 Å². The first-order chi connectivity index (χ1) is 9.49. The Hall–Kier alpha value is -0.970. The van der Waals surface area contributed by atoms with Gasteiger partial charge in [-0.2, -0.15) is 0 Å². The summed E-state index contributed by atoms with van der Waals surface area (Å²) in [7, 11) is 0. The van der Waals surface area contributed by atoms with Crippen molar-refractivity contribution in [3.05, 3.63) is 35.4 Å². The maximum Gasteiger partial charge on any atom is 0.227 e. The molecule has 0 bridgehead atoms. The van der Waals surface area contributed by atoms with Crippen LogP contribution < -0.4 is 0 Å². The molecule has 0 N–H and O–H groups in total. The Morgan fingerprint density at radius 3 is 2.65 bits per heavy atom. The van der Waals surface area contributed by atoms with Crippen molar-refractivity contribution >= 4 is 21.8 Å². The number of hydrogen-bond acceptors (Lipinski definition) is 1. The number of benzene rings is 1. The van der Waals surface area contributed by atoms with Gasteiger partial charge in [0.25, 0.3) is 0 Å². The SMILES string of the molecule is CC(Br)C1CCN(C(=O)Cc2cccc(F)c2F)CC1. The molecule has 110 valence electrons. The molecule has 0 aromatic heterocycles. The Balaban J connectivity index is 1.95. The fourth-order valence-electron chi connectivity index (χ4n) is 2.57. The van der Waals surface area contributed by atoms with Gasteiger partial charge in [-0.25, -0.2) is 8.78 Å². The van der Waals surface area contributed by atoms with Gasteiger partial charge in [-0.3, -0.25) is 4.79 Å². The van der Waals surface area contributed by atoms with E-state index in [0.717, 1.165) is 18.9 Å². The Morgan fingerprint density at radius 1 is 1.40 bits per heavy atom. The lowest BCUT2D eigenvalue weighted by atomic mass is 9.94. The normalized spacial score (nSPS) is 18.1. The molecular formula is C15H18BrF2NO. The van der Waals surface area contributed by atoms with Gasteiger partial charge in [0, 0.05) is 23.5 Å². The highest BCUT2D eigenvalue weighted by Crippen LogP contribution is 2.25. The van der Waals surface area contributed by atoms with Crippen molar-refractivity contribution in [1.29, 1.82) is 0 Å². The van der Waals surface area contributed by atoms with Crippen LogP contribution in [0.25, 0.3) is 0 Å². The summed E-state index contributed by atoms with van der Waals surface area (Å²) in [6, 6.07) is 3.95. The van der Waals surface area contributed by atoms with Crippen molar-refractivity contribution in [2.45, 2.75) is 31.0 Å². The number of halogens is 3. The van der Waals surface area contributed by atoms with Crippen molar-refractivity contribution in [2.75, 3.05) is 13.1 Å². The molecule has 1 saturated heterocycles. The van der Waals surface area contributed by atoms with Gasteiger partial charge in [0.1, 0.15) is 0 Å². The van der Waals surface area contributed by atoms with Gasteiger partial charge in [0.05, 0.1) is 6.42 Å². The molecule has 1 unspecified atom stereocenters. The number of piperidine rings is 1. The second-order valence-corrected chi connectivity index (χ2v) is 6.73. The quantitative estimate of drug-likeness (QED) is 0.767. The minimum atomic E-state index is -0.912. The average Bonchev–Trinajstić information content (AvgIpc) is 2.44. The molecule has 1 atom stereocenters. The molecule has 1 aromatic rings. The van der Waals surface area contributed by atoms with E-state index in [-0.39, 0.29) is 17.9 Å². The molecule has 0 spiro atoms. The van der Waals surface area contributed by atoms with Gasteiger partial charge in [0.2, 0.25) is 5.91 Å². The number of nitrogens with zero attached hydrogens (tertiary/aromatic N) is 1. The van der Waals surface area contributed by atoms with Crippen molar-refractivity contribution in [2.24, 2.45) is 5.92 Å². The van der Waals surface area contributed by atoms with Crippen LogP contribution in [0, 0.1) is 17.6 Å². The lowest BCUT2D eigenvalue weighted by molar-refractivity contribution is -0.131. The smallest absolute Gasteiger partial charge is 0.227 e. The van der Waals surface area contributed by atoms with E-state index in [2.05, 4.69) is 22.9 Å². The number of alkyl halides is 1. The minimum absolute atomic E-state index is 0.0713. The van der Waals surface area contributed by atoms with E-state index in [4.69, 9.17) is 0 Å². The van der Waals surface area contributed by atoms with Gasteiger partial charge in [-0.1, -0.05) is 35.0 Å². The van der Waals surface area contributed by atoms with Crippen molar-refractivity contribution in [3.63, 3.8) is 0 Å². The second kappa shape index (κ2) is 6.66. The van der Waals surface area contributed by atoms with Crippen molar-refractivity contribution in [3.8, 4) is 0 Å². The van der Waals surface area contributed by atoms with E-state index in [1.165, 1.54) is 12.1 Å². The lowest BCUT2D eigenvalue weighted by Crippen LogP contribution is -2.40. The van der Waals surface area contributed by atoms with Crippen molar-refractivity contribution < 1.29 is 13.6 Å². The fourth-order valence-corrected chi connectivity index (χ4v) is 3.10. The lowest BCUT2D eigenvalue weighted by Gasteiger charge is -2.33. The summed E-state index contributed by atoms with van der Waals surface area (Å²) in [5, 5.41) is 0. The largest absolute Gasteiger partial charge is 0.342 e. The number of amides is 1. The second-order valence-electron chi connectivity index (χ2n) is 5.29. The van der Waals surface area contributed by atoms with E-state index in [1.807, 2.05) is 0 Å². The highest BCUT2D eigenvalue weighted by atomic mass is 79.9. The molecule has 1 aliphatic rings. The number of carbonyl (C=O) groups is 1. The number of hydrogen-bond donors (Lipinski definition) is 0. The summed E-state index contributed by atoms with van der Waals surface area (Å²) < 4.78 is 26.7. The summed E-state index contributed by atoms with van der Waals surface area (Å²) in [4.78, 5) is 14.3. The molecule has 5 heteroatoms. The van der Waals surface area contributed by atoms with Gasteiger partial charge in [0.15, 0.2) is 11.6 Å². The molecule has 1 aromatic carbocycles. The standard InChI is InChI=1S/C15H18BrF2NO/c1-10(16)11-5-7-19(8-6-11)14(20)9-12-3-2-4-13(17)15(12)18/h2-4,10-11H,5-9H2,1H3. The van der Waals surface area contributed by atoms with Crippen LogP contribution in [0.4, 0.5) is 8.78 Å². The molecule has 1 aliphatic heterocycles. The molecule has 2 rings (SSSR count). The fraction of sp³-hybridized carbons (Fsp3) is 0.533. The zero-order valence-corrected chi connectivity index (χ0v) is 13.0. The molecule has 0 saturated carbocycles. The van der Waals surface area contributed by atoms with E-state index >= 15 is 0 Å². The average molecular weight is 346 g/mol. The summed E-state index contributed by atoms with van der Waals surface area (Å²) in [6.07, 6.45) is 1.83. The first-order valence-electron chi connectivity index (χ1n) is 6.83. The first-order valence-corrected chi connectivity index (χ1v) is 7.75. The predicted molar refractivity (Wildman–Crippen MR) is 77.8 cm³/mol. The van der Waals surface area contributed by atoms with Crippen LogP contribution in [0.5, 0.6) is 0 Å². The van der Waals surface area contributed by atoms with Crippen LogP contribution in [-0.4, -0.2) is 28.7 Å². The molecular weight excluding hydrogens is 328 g/mol. The molecule has 1 amide bonds. The third kappa shape index (κ3) is 3.57. The zero-order chi connectivity index (χ0) is 14.7. The topological polar surface area (TPSA) is 20.3 Å². The molecule has 2 nitrogen and oxygen atoms in total. The highest BCUT2D eigenvalue weighted by Gasteiger charge is 2.25. The third-order valence-corrected chi connectivity index (χ3v) is 4.66. The third-order valence-electron chi connectivity index (χ3n) is 3.92. The molecule has 0 aliphatic carbocycles. The number of carbonyl (C=O) groups excluding carboxylic acids is 1. The van der Waals surface area contributed by atoms with Crippen LogP contribution in [0.15, 0.2) is 18.2 Å². The summed E-state index contributed by atoms with van der Waals surface area (Å²) in [6.45, 7) is 3.50. The number of rotatable bonds is 3. The Labute approximate surface area is 126 Å². The molecule has 1 heterocycles. The van der Waals surface area contributed by atoms with Gasteiger partial charge < -0.3 is 4.90 Å². The monoisotopic (exact) mass is 345 g/mol. The zero-order valence-electron chi connectivity index (χ0n) is 11.4.